The fourth-order valence-electron chi connectivity index (χ4n) is 3.07. The highest BCUT2D eigenvalue weighted by Gasteiger charge is 2.30. The quantitative estimate of drug-likeness (QED) is 0.396. The van der Waals surface area contributed by atoms with Crippen molar-refractivity contribution in [2.24, 2.45) is 0 Å². The van der Waals surface area contributed by atoms with Crippen molar-refractivity contribution in [2.75, 3.05) is 0 Å². The first-order valence-corrected chi connectivity index (χ1v) is 10.4. The average Bonchev–Trinajstić information content (AvgIpc) is 3.12. The van der Waals surface area contributed by atoms with Crippen LogP contribution in [0.1, 0.15) is 54.0 Å². The van der Waals surface area contributed by atoms with E-state index in [0.29, 0.717) is 22.7 Å². The Morgan fingerprint density at radius 3 is 2.30 bits per heavy atom. The predicted molar refractivity (Wildman–Crippen MR) is 111 cm³/mol. The molecule has 2 atom stereocenters. The molecule has 30 heavy (non-hydrogen) atoms. The molecule has 0 radical (unpaired) electrons. The van der Waals surface area contributed by atoms with Gasteiger partial charge >= 0.3 is 12.1 Å². The molecule has 3 nitrogen and oxygen atoms in total. The van der Waals surface area contributed by atoms with E-state index in [9.17, 15) is 18.0 Å². The standard InChI is InChI=1S/C23H22F3NO2S/c1-4-19(29-22(28)14(2)16-8-6-5-7-9-16)20-15(3)27-21(30-20)17-10-12-18(13-11-17)23(24,25)26/h5-14,19H,4H2,1-3H3. The molecule has 2 aromatic carbocycles. The number of ether oxygens (including phenoxy) is 1. The fourth-order valence-corrected chi connectivity index (χ4v) is 4.26. The van der Waals surface area contributed by atoms with E-state index in [1.165, 1.54) is 23.5 Å². The number of rotatable bonds is 6. The third kappa shape index (κ3) is 4.90. The van der Waals surface area contributed by atoms with Gasteiger partial charge in [-0.3, -0.25) is 4.79 Å². The van der Waals surface area contributed by atoms with Crippen molar-refractivity contribution in [3.05, 3.63) is 76.3 Å². The molecule has 0 N–H and O–H groups in total. The molecule has 0 aliphatic rings. The highest BCUT2D eigenvalue weighted by Crippen LogP contribution is 2.37. The first kappa shape index (κ1) is 22.0. The van der Waals surface area contributed by atoms with E-state index in [1.54, 1.807) is 6.92 Å². The molecule has 3 rings (SSSR count). The molecule has 0 spiro atoms. The number of carbonyl (C=O) groups excluding carboxylic acids is 1. The summed E-state index contributed by atoms with van der Waals surface area (Å²) in [6, 6.07) is 14.3. The molecule has 1 heterocycles. The van der Waals surface area contributed by atoms with Crippen molar-refractivity contribution < 1.29 is 22.7 Å². The number of alkyl halides is 3. The Balaban J connectivity index is 1.79. The number of hydrogen-bond acceptors (Lipinski definition) is 4. The van der Waals surface area contributed by atoms with Crippen molar-refractivity contribution >= 4 is 17.3 Å². The molecule has 0 bridgehead atoms. The summed E-state index contributed by atoms with van der Waals surface area (Å²) in [6.07, 6.45) is -4.26. The molecular formula is C23H22F3NO2S. The van der Waals surface area contributed by atoms with E-state index in [1.807, 2.05) is 44.2 Å². The molecule has 0 aliphatic carbocycles. The maximum Gasteiger partial charge on any atom is 0.416 e. The van der Waals surface area contributed by atoms with Crippen LogP contribution in [0.25, 0.3) is 10.6 Å². The van der Waals surface area contributed by atoms with Gasteiger partial charge in [0.25, 0.3) is 0 Å². The molecular weight excluding hydrogens is 411 g/mol. The van der Waals surface area contributed by atoms with Gasteiger partial charge in [-0.15, -0.1) is 11.3 Å². The lowest BCUT2D eigenvalue weighted by Crippen LogP contribution is -2.16. The van der Waals surface area contributed by atoms with Gasteiger partial charge in [-0.25, -0.2) is 4.98 Å². The van der Waals surface area contributed by atoms with Gasteiger partial charge in [0.1, 0.15) is 11.1 Å². The zero-order valence-electron chi connectivity index (χ0n) is 16.9. The van der Waals surface area contributed by atoms with E-state index in [4.69, 9.17) is 4.74 Å². The number of nitrogens with zero attached hydrogens (tertiary/aromatic N) is 1. The third-order valence-electron chi connectivity index (χ3n) is 4.87. The molecule has 0 saturated heterocycles. The Kier molecular flexibility index (Phi) is 6.61. The lowest BCUT2D eigenvalue weighted by molar-refractivity contribution is -0.151. The van der Waals surface area contributed by atoms with Crippen LogP contribution in [0.2, 0.25) is 0 Å². The van der Waals surface area contributed by atoms with Gasteiger partial charge in [-0.05, 0) is 38.0 Å². The van der Waals surface area contributed by atoms with E-state index >= 15 is 0 Å². The van der Waals surface area contributed by atoms with Gasteiger partial charge in [-0.2, -0.15) is 13.2 Å². The second-order valence-corrected chi connectivity index (χ2v) is 8.04. The number of carbonyl (C=O) groups is 1. The summed E-state index contributed by atoms with van der Waals surface area (Å²) in [5.41, 5.74) is 1.49. The minimum Gasteiger partial charge on any atom is -0.456 e. The van der Waals surface area contributed by atoms with Crippen LogP contribution in [0, 0.1) is 6.92 Å². The lowest BCUT2D eigenvalue weighted by atomic mass is 10.0. The van der Waals surface area contributed by atoms with Crippen molar-refractivity contribution in [3.8, 4) is 10.6 Å². The zero-order chi connectivity index (χ0) is 21.9. The van der Waals surface area contributed by atoms with Gasteiger partial charge in [0.2, 0.25) is 0 Å². The normalized spacial score (nSPS) is 13.7. The highest BCUT2D eigenvalue weighted by molar-refractivity contribution is 7.15. The summed E-state index contributed by atoms with van der Waals surface area (Å²) in [4.78, 5) is 18.0. The minimum absolute atomic E-state index is 0.322. The van der Waals surface area contributed by atoms with Gasteiger partial charge < -0.3 is 4.74 Å². The maximum atomic E-state index is 12.8. The van der Waals surface area contributed by atoms with Gasteiger partial charge in [-0.1, -0.05) is 49.4 Å². The summed E-state index contributed by atoms with van der Waals surface area (Å²) in [7, 11) is 0. The number of esters is 1. The van der Waals surface area contributed by atoms with E-state index in [2.05, 4.69) is 4.98 Å². The maximum absolute atomic E-state index is 12.8. The summed E-state index contributed by atoms with van der Waals surface area (Å²) in [5.74, 6) is -0.722. The highest BCUT2D eigenvalue weighted by atomic mass is 32.1. The summed E-state index contributed by atoms with van der Waals surface area (Å²) >= 11 is 1.34. The van der Waals surface area contributed by atoms with Crippen LogP contribution in [-0.4, -0.2) is 11.0 Å². The van der Waals surface area contributed by atoms with Crippen molar-refractivity contribution in [1.82, 2.24) is 4.98 Å². The zero-order valence-corrected chi connectivity index (χ0v) is 17.7. The number of benzene rings is 2. The fraction of sp³-hybridized carbons (Fsp3) is 0.304. The third-order valence-corrected chi connectivity index (χ3v) is 6.16. The van der Waals surface area contributed by atoms with Crippen LogP contribution in [0.15, 0.2) is 54.6 Å². The molecule has 2 unspecified atom stereocenters. The molecule has 0 aliphatic heterocycles. The monoisotopic (exact) mass is 433 g/mol. The minimum atomic E-state index is -4.38. The van der Waals surface area contributed by atoms with Crippen LogP contribution < -0.4 is 0 Å². The number of thiazole rings is 1. The summed E-state index contributed by atoms with van der Waals surface area (Å²) in [5, 5.41) is 0.599. The van der Waals surface area contributed by atoms with Crippen molar-refractivity contribution in [3.63, 3.8) is 0 Å². The van der Waals surface area contributed by atoms with Crippen LogP contribution in [0.3, 0.4) is 0 Å². The number of aryl methyl sites for hydroxylation is 1. The van der Waals surface area contributed by atoms with Gasteiger partial charge in [0, 0.05) is 5.56 Å². The molecule has 1 aromatic heterocycles. The lowest BCUT2D eigenvalue weighted by Gasteiger charge is -2.18. The number of aromatic nitrogens is 1. The summed E-state index contributed by atoms with van der Waals surface area (Å²) < 4.78 is 44.1. The predicted octanol–water partition coefficient (Wildman–Crippen LogP) is 6.94. The summed E-state index contributed by atoms with van der Waals surface area (Å²) in [6.45, 7) is 5.54. The van der Waals surface area contributed by atoms with E-state index < -0.39 is 23.8 Å². The Hall–Kier alpha value is -2.67. The molecule has 0 fully saturated rings. The Morgan fingerprint density at radius 1 is 1.10 bits per heavy atom. The topological polar surface area (TPSA) is 39.2 Å². The SMILES string of the molecule is CCC(OC(=O)C(C)c1ccccc1)c1sc(-c2ccc(C(F)(F)F)cc2)nc1C. The molecule has 0 amide bonds. The van der Waals surface area contributed by atoms with Crippen LogP contribution >= 0.6 is 11.3 Å². The van der Waals surface area contributed by atoms with Gasteiger partial charge in [0.05, 0.1) is 22.1 Å². The van der Waals surface area contributed by atoms with E-state index in [-0.39, 0.29) is 5.97 Å². The van der Waals surface area contributed by atoms with Crippen LogP contribution in [0.4, 0.5) is 13.2 Å². The molecule has 158 valence electrons. The largest absolute Gasteiger partial charge is 0.456 e. The average molecular weight is 433 g/mol. The Morgan fingerprint density at radius 2 is 1.73 bits per heavy atom. The van der Waals surface area contributed by atoms with Crippen molar-refractivity contribution in [1.29, 1.82) is 0 Å². The number of halogens is 3. The van der Waals surface area contributed by atoms with Crippen molar-refractivity contribution in [2.45, 2.75) is 45.4 Å². The number of hydrogen-bond donors (Lipinski definition) is 0. The smallest absolute Gasteiger partial charge is 0.416 e. The van der Waals surface area contributed by atoms with Gasteiger partial charge in [0.15, 0.2) is 0 Å². The first-order valence-electron chi connectivity index (χ1n) is 9.61. The Bertz CT molecular complexity index is 998. The van der Waals surface area contributed by atoms with Crippen LogP contribution in [-0.2, 0) is 15.7 Å². The Labute approximate surface area is 177 Å². The second-order valence-electron chi connectivity index (χ2n) is 7.01. The van der Waals surface area contributed by atoms with E-state index in [0.717, 1.165) is 22.6 Å². The first-order chi connectivity index (χ1) is 14.2. The molecule has 3 aromatic rings. The second kappa shape index (κ2) is 9.00. The molecule has 7 heteroatoms. The molecule has 0 saturated carbocycles. The van der Waals surface area contributed by atoms with Crippen LogP contribution in [0.5, 0.6) is 0 Å².